The highest BCUT2D eigenvalue weighted by Gasteiger charge is 2.16. The largest absolute Gasteiger partial charge is 0.321 e. The molecule has 0 fully saturated rings. The quantitative estimate of drug-likeness (QED) is 0.546. The van der Waals surface area contributed by atoms with Gasteiger partial charge >= 0.3 is 0 Å². The molecule has 0 spiro atoms. The van der Waals surface area contributed by atoms with Crippen LogP contribution in [0.1, 0.15) is 16.2 Å². The highest BCUT2D eigenvalue weighted by molar-refractivity contribution is 9.10. The summed E-state index contributed by atoms with van der Waals surface area (Å²) in [6.45, 7) is 1.85. The SMILES string of the molecule is Cc1nnc2sc(-c3ccccc3NC(=O)c3ccccc3Br)nn12. The number of para-hydroxylation sites is 1. The number of carbonyl (C=O) groups is 1. The molecule has 0 bridgehead atoms. The topological polar surface area (TPSA) is 72.2 Å². The maximum atomic E-state index is 12.6. The molecule has 8 heteroatoms. The highest BCUT2D eigenvalue weighted by Crippen LogP contribution is 2.32. The molecule has 25 heavy (non-hydrogen) atoms. The van der Waals surface area contributed by atoms with Crippen molar-refractivity contribution in [3.05, 3.63) is 64.4 Å². The number of carbonyl (C=O) groups excluding carboxylic acids is 1. The molecule has 6 nitrogen and oxygen atoms in total. The van der Waals surface area contributed by atoms with E-state index in [2.05, 4.69) is 36.5 Å². The van der Waals surface area contributed by atoms with Crippen molar-refractivity contribution >= 4 is 43.8 Å². The number of aromatic nitrogens is 4. The van der Waals surface area contributed by atoms with E-state index in [1.165, 1.54) is 11.3 Å². The number of halogens is 1. The third kappa shape index (κ3) is 2.94. The van der Waals surface area contributed by atoms with E-state index in [0.29, 0.717) is 11.3 Å². The van der Waals surface area contributed by atoms with Crippen LogP contribution in [0.2, 0.25) is 0 Å². The fourth-order valence-electron chi connectivity index (χ4n) is 2.44. The van der Waals surface area contributed by atoms with Gasteiger partial charge in [0, 0.05) is 10.0 Å². The average molecular weight is 414 g/mol. The van der Waals surface area contributed by atoms with E-state index in [4.69, 9.17) is 0 Å². The first-order chi connectivity index (χ1) is 12.1. The Balaban J connectivity index is 1.72. The lowest BCUT2D eigenvalue weighted by molar-refractivity contribution is 0.102. The molecule has 0 aliphatic rings. The van der Waals surface area contributed by atoms with Crippen molar-refractivity contribution in [2.24, 2.45) is 0 Å². The van der Waals surface area contributed by atoms with Crippen LogP contribution in [0, 0.1) is 6.92 Å². The Morgan fingerprint density at radius 1 is 1.12 bits per heavy atom. The summed E-state index contributed by atoms with van der Waals surface area (Å²) in [6.07, 6.45) is 0. The number of hydrogen-bond acceptors (Lipinski definition) is 5. The highest BCUT2D eigenvalue weighted by atomic mass is 79.9. The molecule has 0 saturated carbocycles. The van der Waals surface area contributed by atoms with Gasteiger partial charge < -0.3 is 5.32 Å². The van der Waals surface area contributed by atoms with Gasteiger partial charge in [0.2, 0.25) is 4.96 Å². The molecule has 4 aromatic rings. The van der Waals surface area contributed by atoms with Gasteiger partial charge in [0.25, 0.3) is 5.91 Å². The van der Waals surface area contributed by atoms with Crippen molar-refractivity contribution in [1.29, 1.82) is 0 Å². The van der Waals surface area contributed by atoms with Gasteiger partial charge in [0.15, 0.2) is 5.82 Å². The molecule has 124 valence electrons. The summed E-state index contributed by atoms with van der Waals surface area (Å²) in [5, 5.41) is 16.4. The number of amides is 1. The third-order valence-electron chi connectivity index (χ3n) is 3.67. The Bertz CT molecular complexity index is 1090. The zero-order valence-corrected chi connectivity index (χ0v) is 15.5. The van der Waals surface area contributed by atoms with Gasteiger partial charge in [0.1, 0.15) is 5.01 Å². The second kappa shape index (κ2) is 6.38. The van der Waals surface area contributed by atoms with Crippen molar-refractivity contribution in [1.82, 2.24) is 19.8 Å². The standard InChI is InChI=1S/C17H12BrN5OS/c1-10-20-21-17-23(10)22-16(25-17)12-7-3-5-9-14(12)19-15(24)11-6-2-4-8-13(11)18/h2-9H,1H3,(H,19,24). The fourth-order valence-corrected chi connectivity index (χ4v) is 3.83. The smallest absolute Gasteiger partial charge is 0.256 e. The van der Waals surface area contributed by atoms with Crippen LogP contribution in [0.4, 0.5) is 5.69 Å². The van der Waals surface area contributed by atoms with E-state index in [-0.39, 0.29) is 5.91 Å². The van der Waals surface area contributed by atoms with E-state index in [1.54, 1.807) is 10.6 Å². The second-order valence-corrected chi connectivity index (χ2v) is 7.14. The normalized spacial score (nSPS) is 11.0. The van der Waals surface area contributed by atoms with Gasteiger partial charge in [-0.2, -0.15) is 9.61 Å². The van der Waals surface area contributed by atoms with Gasteiger partial charge in [-0.05, 0) is 47.1 Å². The minimum atomic E-state index is -0.181. The maximum absolute atomic E-state index is 12.6. The Hall–Kier alpha value is -2.58. The predicted octanol–water partition coefficient (Wildman–Crippen LogP) is 4.18. The first-order valence-electron chi connectivity index (χ1n) is 7.47. The summed E-state index contributed by atoms with van der Waals surface area (Å²) >= 11 is 4.84. The van der Waals surface area contributed by atoms with Crippen molar-refractivity contribution < 1.29 is 4.79 Å². The summed E-state index contributed by atoms with van der Waals surface area (Å²) in [5.74, 6) is 0.548. The summed E-state index contributed by atoms with van der Waals surface area (Å²) in [4.78, 5) is 13.3. The minimum Gasteiger partial charge on any atom is -0.321 e. The minimum absolute atomic E-state index is 0.181. The third-order valence-corrected chi connectivity index (χ3v) is 5.29. The lowest BCUT2D eigenvalue weighted by Crippen LogP contribution is -2.13. The molecule has 2 aromatic heterocycles. The van der Waals surface area contributed by atoms with E-state index in [1.807, 2.05) is 49.4 Å². The number of rotatable bonds is 3. The van der Waals surface area contributed by atoms with E-state index in [9.17, 15) is 4.79 Å². The van der Waals surface area contributed by atoms with Crippen LogP contribution < -0.4 is 5.32 Å². The lowest BCUT2D eigenvalue weighted by atomic mass is 10.1. The first-order valence-corrected chi connectivity index (χ1v) is 9.08. The Labute approximate surface area is 155 Å². The number of benzene rings is 2. The molecule has 2 heterocycles. The van der Waals surface area contributed by atoms with Gasteiger partial charge in [-0.3, -0.25) is 4.79 Å². The van der Waals surface area contributed by atoms with Gasteiger partial charge in [0.05, 0.1) is 11.3 Å². The van der Waals surface area contributed by atoms with Gasteiger partial charge in [-0.25, -0.2) is 0 Å². The Kier molecular flexibility index (Phi) is 4.06. The number of fused-ring (bicyclic) bond motifs is 1. The Morgan fingerprint density at radius 2 is 1.88 bits per heavy atom. The van der Waals surface area contributed by atoms with Crippen molar-refractivity contribution in [2.45, 2.75) is 6.92 Å². The number of nitrogens with one attached hydrogen (secondary N) is 1. The molecule has 0 atom stereocenters. The van der Waals surface area contributed by atoms with Crippen LogP contribution >= 0.6 is 27.3 Å². The fraction of sp³-hybridized carbons (Fsp3) is 0.0588. The lowest BCUT2D eigenvalue weighted by Gasteiger charge is -2.10. The average Bonchev–Trinajstić information content (AvgIpc) is 3.18. The summed E-state index contributed by atoms with van der Waals surface area (Å²) < 4.78 is 2.45. The van der Waals surface area contributed by atoms with Crippen LogP contribution in [0.25, 0.3) is 15.5 Å². The molecule has 0 aliphatic heterocycles. The van der Waals surface area contributed by atoms with Crippen LogP contribution in [-0.4, -0.2) is 25.7 Å². The molecular formula is C17H12BrN5OS. The molecule has 1 amide bonds. The summed E-state index contributed by atoms with van der Waals surface area (Å²) in [6, 6.07) is 14.9. The number of aryl methyl sites for hydroxylation is 1. The number of nitrogens with zero attached hydrogens (tertiary/aromatic N) is 4. The monoisotopic (exact) mass is 413 g/mol. The van der Waals surface area contributed by atoms with Crippen LogP contribution in [0.3, 0.4) is 0 Å². The molecule has 0 saturated heterocycles. The Morgan fingerprint density at radius 3 is 2.68 bits per heavy atom. The molecular weight excluding hydrogens is 402 g/mol. The van der Waals surface area contributed by atoms with E-state index < -0.39 is 0 Å². The molecule has 0 unspecified atom stereocenters. The van der Waals surface area contributed by atoms with E-state index >= 15 is 0 Å². The van der Waals surface area contributed by atoms with Crippen LogP contribution in [0.5, 0.6) is 0 Å². The van der Waals surface area contributed by atoms with Crippen molar-refractivity contribution in [3.63, 3.8) is 0 Å². The number of hydrogen-bond donors (Lipinski definition) is 1. The molecule has 0 aliphatic carbocycles. The zero-order valence-electron chi connectivity index (χ0n) is 13.1. The van der Waals surface area contributed by atoms with Gasteiger partial charge in [-0.1, -0.05) is 35.6 Å². The summed E-state index contributed by atoms with van der Waals surface area (Å²) in [7, 11) is 0. The number of anilines is 1. The molecule has 0 radical (unpaired) electrons. The van der Waals surface area contributed by atoms with Crippen molar-refractivity contribution in [2.75, 3.05) is 5.32 Å². The maximum Gasteiger partial charge on any atom is 0.256 e. The van der Waals surface area contributed by atoms with E-state index in [0.717, 1.165) is 25.8 Å². The van der Waals surface area contributed by atoms with Crippen molar-refractivity contribution in [3.8, 4) is 10.6 Å². The first kappa shape index (κ1) is 15.9. The predicted molar refractivity (Wildman–Crippen MR) is 101 cm³/mol. The summed E-state index contributed by atoms with van der Waals surface area (Å²) in [5.41, 5.74) is 2.12. The van der Waals surface area contributed by atoms with Crippen LogP contribution in [0.15, 0.2) is 53.0 Å². The second-order valence-electron chi connectivity index (χ2n) is 5.33. The van der Waals surface area contributed by atoms with Gasteiger partial charge in [-0.15, -0.1) is 10.2 Å². The molecule has 4 rings (SSSR count). The molecule has 1 N–H and O–H groups in total. The molecule has 2 aromatic carbocycles. The zero-order chi connectivity index (χ0) is 17.4. The van der Waals surface area contributed by atoms with Crippen LogP contribution in [-0.2, 0) is 0 Å².